The third-order valence-electron chi connectivity index (χ3n) is 1.25. The summed E-state index contributed by atoms with van der Waals surface area (Å²) in [5.74, 6) is 2.29. The van der Waals surface area contributed by atoms with E-state index >= 15 is 0 Å². The van der Waals surface area contributed by atoms with Crippen molar-refractivity contribution in [2.24, 2.45) is 0 Å². The Hall–Kier alpha value is 0.600. The topological polar surface area (TPSA) is 9.23 Å². The van der Waals surface area contributed by atoms with Crippen LogP contribution in [0.4, 0.5) is 0 Å². The van der Waals surface area contributed by atoms with Crippen molar-refractivity contribution < 1.29 is 4.52 Å². The highest BCUT2D eigenvalue weighted by molar-refractivity contribution is 7.84. The zero-order chi connectivity index (χ0) is 10.5. The number of hydrogen-bond acceptors (Lipinski definition) is 1. The van der Waals surface area contributed by atoms with E-state index in [-0.39, 0.29) is 7.55 Å². The molecule has 0 aromatic heterocycles. The van der Waals surface area contributed by atoms with Gasteiger partial charge in [0.2, 0.25) is 0 Å². The van der Waals surface area contributed by atoms with Crippen LogP contribution in [0.5, 0.6) is 0 Å². The maximum Gasteiger partial charge on any atom is 0.295 e. The molecule has 1 nitrogen and oxygen atoms in total. The Kier molecular flexibility index (Phi) is 6.44. The van der Waals surface area contributed by atoms with Gasteiger partial charge < -0.3 is 0 Å². The van der Waals surface area contributed by atoms with Crippen LogP contribution in [0.3, 0.4) is 0 Å². The predicted molar refractivity (Wildman–Crippen MR) is 75.3 cm³/mol. The second-order valence-electron chi connectivity index (χ2n) is 3.79. The molecule has 0 fully saturated rings. The van der Waals surface area contributed by atoms with E-state index < -0.39 is 14.7 Å². The molecule has 0 rings (SSSR count). The fourth-order valence-electron chi connectivity index (χ4n) is 1.03. The van der Waals surface area contributed by atoms with Crippen LogP contribution < -0.4 is 0 Å². The minimum absolute atomic E-state index is 0.141. The summed E-state index contributed by atoms with van der Waals surface area (Å²) in [7, 11) is -0.608. The van der Waals surface area contributed by atoms with Gasteiger partial charge in [-0.25, -0.2) is 0 Å². The van der Waals surface area contributed by atoms with Gasteiger partial charge in [0.05, 0.1) is 12.9 Å². The smallest absolute Gasteiger partial charge is 0.177 e. The average Bonchev–Trinajstić information content (AvgIpc) is 1.81. The lowest BCUT2D eigenvalue weighted by atomic mass is 10.9. The zero-order valence-electron chi connectivity index (χ0n) is 8.99. The minimum Gasteiger partial charge on any atom is -0.177 e. The molecule has 0 spiro atoms. The summed E-state index contributed by atoms with van der Waals surface area (Å²) < 4.78 is 5.45. The fourth-order valence-corrected chi connectivity index (χ4v) is 9.00. The first-order valence-electron chi connectivity index (χ1n) is 4.29. The summed E-state index contributed by atoms with van der Waals surface area (Å²) in [6.07, 6.45) is 12.4. The van der Waals surface area contributed by atoms with Gasteiger partial charge >= 0.3 is 0 Å². The van der Waals surface area contributed by atoms with Crippen LogP contribution in [0.15, 0.2) is 0 Å². The van der Waals surface area contributed by atoms with Crippen molar-refractivity contribution in [3.63, 3.8) is 0 Å². The summed E-state index contributed by atoms with van der Waals surface area (Å²) in [5, 5.41) is 0. The lowest BCUT2D eigenvalue weighted by molar-refractivity contribution is 0.389. The molecule has 0 aromatic rings. The standard InChI is InChI=1S/C9H21OP3/c1-7-10-12(3)8-11(2)9-13(4,5)6/h2-4,7-9H2,1,5-6H3/q+2. The number of rotatable bonds is 6. The molecule has 2 atom stereocenters. The highest BCUT2D eigenvalue weighted by Gasteiger charge is 2.20. The van der Waals surface area contributed by atoms with Crippen LogP contribution >= 0.6 is 22.2 Å². The van der Waals surface area contributed by atoms with Crippen molar-refractivity contribution in [3.05, 3.63) is 0 Å². The monoisotopic (exact) mass is 238 g/mol. The molecule has 0 amide bonds. The second-order valence-corrected chi connectivity index (χ2v) is 12.5. The molecule has 0 N–H and O–H groups in total. The molecule has 0 saturated heterocycles. The predicted octanol–water partition coefficient (Wildman–Crippen LogP) is 3.39. The van der Waals surface area contributed by atoms with Crippen molar-refractivity contribution in [2.75, 3.05) is 31.7 Å². The van der Waals surface area contributed by atoms with Gasteiger partial charge in [-0.05, 0) is 20.3 Å². The van der Waals surface area contributed by atoms with Gasteiger partial charge in [0, 0.05) is 0 Å². The summed E-state index contributed by atoms with van der Waals surface area (Å²) in [5.41, 5.74) is 0. The van der Waals surface area contributed by atoms with Gasteiger partial charge in [-0.15, -0.1) is 0 Å². The van der Waals surface area contributed by atoms with Crippen molar-refractivity contribution in [3.8, 4) is 0 Å². The second kappa shape index (κ2) is 6.15. The van der Waals surface area contributed by atoms with Gasteiger partial charge in [0.25, 0.3) is 13.7 Å². The van der Waals surface area contributed by atoms with Gasteiger partial charge in [-0.1, -0.05) is 13.2 Å². The first kappa shape index (κ1) is 13.6. The van der Waals surface area contributed by atoms with E-state index in [9.17, 15) is 0 Å². The zero-order valence-corrected chi connectivity index (χ0v) is 11.7. The van der Waals surface area contributed by atoms with E-state index in [1.807, 2.05) is 6.92 Å². The molecule has 76 valence electrons. The molecule has 4 heteroatoms. The quantitative estimate of drug-likeness (QED) is 0.644. The number of hydrogen-bond donors (Lipinski definition) is 0. The van der Waals surface area contributed by atoms with Crippen LogP contribution in [-0.2, 0) is 4.52 Å². The molecule has 13 heavy (non-hydrogen) atoms. The maximum absolute atomic E-state index is 5.45. The first-order chi connectivity index (χ1) is 5.85. The molecule has 0 saturated carbocycles. The summed E-state index contributed by atoms with van der Waals surface area (Å²) >= 11 is 0. The van der Waals surface area contributed by atoms with Gasteiger partial charge in [0.1, 0.15) is 19.7 Å². The third-order valence-corrected chi connectivity index (χ3v) is 9.40. The Morgan fingerprint density at radius 2 is 1.85 bits per heavy atom. The van der Waals surface area contributed by atoms with Crippen molar-refractivity contribution >= 4 is 41.1 Å². The Labute approximate surface area is 84.7 Å². The highest BCUT2D eigenvalue weighted by atomic mass is 31.2. The van der Waals surface area contributed by atoms with Gasteiger partial charge in [-0.2, -0.15) is 4.52 Å². The molecule has 2 unspecified atom stereocenters. The Morgan fingerprint density at radius 1 is 1.31 bits per heavy atom. The van der Waals surface area contributed by atoms with Crippen LogP contribution in [0.25, 0.3) is 0 Å². The lowest BCUT2D eigenvalue weighted by Crippen LogP contribution is -1.85. The Balaban J connectivity index is 3.89. The van der Waals surface area contributed by atoms with E-state index in [4.69, 9.17) is 4.52 Å². The van der Waals surface area contributed by atoms with E-state index in [1.54, 1.807) is 0 Å². The van der Waals surface area contributed by atoms with Crippen LogP contribution in [0, 0.1) is 0 Å². The van der Waals surface area contributed by atoms with Crippen LogP contribution in [0.1, 0.15) is 6.92 Å². The van der Waals surface area contributed by atoms with Gasteiger partial charge in [0.15, 0.2) is 0 Å². The Morgan fingerprint density at radius 3 is 2.23 bits per heavy atom. The summed E-state index contributed by atoms with van der Waals surface area (Å²) in [4.78, 5) is 0. The van der Waals surface area contributed by atoms with Crippen molar-refractivity contribution in [2.45, 2.75) is 6.92 Å². The molecule has 0 aromatic carbocycles. The highest BCUT2D eigenvalue weighted by Crippen LogP contribution is 2.48. The van der Waals surface area contributed by atoms with E-state index in [1.165, 1.54) is 5.90 Å². The van der Waals surface area contributed by atoms with Crippen molar-refractivity contribution in [1.29, 1.82) is 0 Å². The van der Waals surface area contributed by atoms with Crippen molar-refractivity contribution in [1.82, 2.24) is 0 Å². The molecule has 0 radical (unpaired) electrons. The first-order valence-corrected chi connectivity index (χ1v) is 10.9. The summed E-state index contributed by atoms with van der Waals surface area (Å²) in [6, 6.07) is 0. The third kappa shape index (κ3) is 8.92. The molecular formula is C9H21OP3+2. The van der Waals surface area contributed by atoms with E-state index in [0.29, 0.717) is 0 Å². The van der Waals surface area contributed by atoms with E-state index in [2.05, 4.69) is 32.2 Å². The molecular weight excluding hydrogens is 217 g/mol. The van der Waals surface area contributed by atoms with E-state index in [0.717, 1.165) is 12.5 Å². The molecule has 0 aliphatic rings. The molecule has 0 aliphatic carbocycles. The molecule has 0 aliphatic heterocycles. The SMILES string of the molecule is C=[P+](C[P+](=C)OCC)CP(=C)(C)C. The lowest BCUT2D eigenvalue weighted by Gasteiger charge is -2.04. The summed E-state index contributed by atoms with van der Waals surface area (Å²) in [6.45, 7) is 6.42. The normalized spacial score (nSPS) is 14.1. The minimum atomic E-state index is -0.904. The Bertz CT molecular complexity index is 239. The fraction of sp³-hybridized carbons (Fsp3) is 0.667. The largest absolute Gasteiger partial charge is 0.295 e. The molecule has 0 bridgehead atoms. The van der Waals surface area contributed by atoms with Gasteiger partial charge in [-0.3, -0.25) is 0 Å². The molecule has 0 heterocycles. The van der Waals surface area contributed by atoms with Crippen LogP contribution in [-0.4, -0.2) is 50.6 Å². The maximum atomic E-state index is 5.45. The van der Waals surface area contributed by atoms with Crippen LogP contribution in [0.2, 0.25) is 0 Å². The average molecular weight is 238 g/mol.